The second-order valence-corrected chi connectivity index (χ2v) is 17.9. The summed E-state index contributed by atoms with van der Waals surface area (Å²) in [6, 6.07) is 54.5. The summed E-state index contributed by atoms with van der Waals surface area (Å²) in [5.74, 6) is 4.08. The Balaban J connectivity index is 1.10. The Kier molecular flexibility index (Phi) is 6.25. The quantitative estimate of drug-likeness (QED) is 0.170. The predicted molar refractivity (Wildman–Crippen MR) is 230 cm³/mol. The number of thiophene rings is 1. The van der Waals surface area contributed by atoms with Gasteiger partial charge in [0.05, 0.1) is 5.69 Å². The molecule has 4 fully saturated rings. The Morgan fingerprint density at radius 3 is 1.76 bits per heavy atom. The minimum Gasteiger partial charge on any atom is -0.227 e. The summed E-state index contributed by atoms with van der Waals surface area (Å²) < 4.78 is 1.24. The standard InChI is InChI=1S/C52H38N2S/c1-2-12-32(13-3-1)50-53-49(48-42-19-9-11-21-45(42)55-51(48)54-50)47-40-17-6-4-15-38(40)46(39-16-5-7-18-41(39)47)33-22-23-37-36-14-8-10-20-43(36)52(44(37)29-33)34-25-30-24-31(27-34)28-35(52)26-30/h1-23,29-31,34-35H,24-28H2. The molecular formula is C52H38N2S. The number of nitrogens with zero attached hydrogens (tertiary/aromatic N) is 2. The lowest BCUT2D eigenvalue weighted by Gasteiger charge is -2.61. The van der Waals surface area contributed by atoms with E-state index in [0.717, 1.165) is 51.0 Å². The molecule has 14 rings (SSSR count). The molecule has 0 amide bonds. The molecule has 0 radical (unpaired) electrons. The topological polar surface area (TPSA) is 25.8 Å². The molecule has 5 aliphatic carbocycles. The highest BCUT2D eigenvalue weighted by molar-refractivity contribution is 7.25. The van der Waals surface area contributed by atoms with Crippen LogP contribution in [0.4, 0.5) is 0 Å². The summed E-state index contributed by atoms with van der Waals surface area (Å²) in [7, 11) is 0. The first-order chi connectivity index (χ1) is 27.2. The van der Waals surface area contributed by atoms with Gasteiger partial charge in [0.2, 0.25) is 0 Å². The lowest BCUT2D eigenvalue weighted by atomic mass is 9.43. The van der Waals surface area contributed by atoms with Crippen molar-refractivity contribution in [1.29, 1.82) is 0 Å². The molecule has 55 heavy (non-hydrogen) atoms. The Labute approximate surface area is 324 Å². The summed E-state index contributed by atoms with van der Waals surface area (Å²) in [5.41, 5.74) is 12.2. The van der Waals surface area contributed by atoms with Gasteiger partial charge in [-0.3, -0.25) is 0 Å². The van der Waals surface area contributed by atoms with Crippen LogP contribution in [0.5, 0.6) is 0 Å². The fourth-order valence-electron chi connectivity index (χ4n) is 12.5. The van der Waals surface area contributed by atoms with Gasteiger partial charge in [0.25, 0.3) is 0 Å². The summed E-state index contributed by atoms with van der Waals surface area (Å²) in [6.07, 6.45) is 7.03. The van der Waals surface area contributed by atoms with Crippen molar-refractivity contribution in [2.24, 2.45) is 23.7 Å². The highest BCUT2D eigenvalue weighted by Gasteiger charge is 2.61. The van der Waals surface area contributed by atoms with Crippen LogP contribution in [0.1, 0.15) is 43.2 Å². The molecule has 3 heteroatoms. The minimum absolute atomic E-state index is 0.126. The van der Waals surface area contributed by atoms with Crippen LogP contribution < -0.4 is 0 Å². The molecule has 9 aromatic rings. The molecule has 0 N–H and O–H groups in total. The fourth-order valence-corrected chi connectivity index (χ4v) is 13.6. The van der Waals surface area contributed by atoms with Crippen molar-refractivity contribution in [3.8, 4) is 44.9 Å². The van der Waals surface area contributed by atoms with Gasteiger partial charge in [-0.1, -0.05) is 133 Å². The van der Waals surface area contributed by atoms with Crippen molar-refractivity contribution in [3.05, 3.63) is 157 Å². The second-order valence-electron chi connectivity index (χ2n) is 16.9. The maximum Gasteiger partial charge on any atom is 0.161 e. The summed E-state index contributed by atoms with van der Waals surface area (Å²) in [5, 5.41) is 7.38. The smallest absolute Gasteiger partial charge is 0.161 e. The van der Waals surface area contributed by atoms with Crippen LogP contribution in [0.25, 0.3) is 86.7 Å². The van der Waals surface area contributed by atoms with E-state index in [1.54, 1.807) is 22.5 Å². The van der Waals surface area contributed by atoms with Crippen molar-refractivity contribution in [2.75, 3.05) is 0 Å². The molecular weight excluding hydrogens is 685 g/mol. The van der Waals surface area contributed by atoms with Crippen LogP contribution in [-0.2, 0) is 5.41 Å². The van der Waals surface area contributed by atoms with Gasteiger partial charge in [-0.25, -0.2) is 9.97 Å². The number of fused-ring (bicyclic) bond motifs is 8. The fraction of sp³-hybridized carbons (Fsp3) is 0.192. The van der Waals surface area contributed by atoms with E-state index in [0.29, 0.717) is 0 Å². The molecule has 0 aliphatic heterocycles. The molecule has 4 saturated carbocycles. The van der Waals surface area contributed by atoms with Gasteiger partial charge in [0.15, 0.2) is 5.82 Å². The minimum atomic E-state index is 0.126. The van der Waals surface area contributed by atoms with Crippen LogP contribution in [-0.4, -0.2) is 9.97 Å². The van der Waals surface area contributed by atoms with E-state index < -0.39 is 0 Å². The first kappa shape index (κ1) is 30.7. The summed E-state index contributed by atoms with van der Waals surface area (Å²) in [6.45, 7) is 0. The van der Waals surface area contributed by atoms with Gasteiger partial charge in [-0.05, 0) is 123 Å². The molecule has 0 saturated heterocycles. The van der Waals surface area contributed by atoms with E-state index >= 15 is 0 Å². The van der Waals surface area contributed by atoms with Crippen molar-refractivity contribution < 1.29 is 0 Å². The zero-order valence-corrected chi connectivity index (χ0v) is 31.3. The van der Waals surface area contributed by atoms with Gasteiger partial charge < -0.3 is 0 Å². The molecule has 4 bridgehead atoms. The highest BCUT2D eigenvalue weighted by atomic mass is 32.1. The van der Waals surface area contributed by atoms with E-state index in [4.69, 9.17) is 9.97 Å². The van der Waals surface area contributed by atoms with Crippen molar-refractivity contribution in [3.63, 3.8) is 0 Å². The van der Waals surface area contributed by atoms with Crippen molar-refractivity contribution in [2.45, 2.75) is 37.5 Å². The van der Waals surface area contributed by atoms with E-state index in [2.05, 4.69) is 146 Å². The lowest BCUT2D eigenvalue weighted by molar-refractivity contribution is -0.0399. The Bertz CT molecular complexity index is 2980. The molecule has 0 atom stereocenters. The molecule has 2 heterocycles. The van der Waals surface area contributed by atoms with Gasteiger partial charge in [-0.15, -0.1) is 11.3 Å². The SMILES string of the molecule is c1ccc(-c2nc(-c3c4ccccc4c(-c4ccc5c(c4)C4(c6ccccc6-5)C5CC6CC(C5)CC4C6)c4ccccc34)c3c(n2)sc2ccccc23)cc1. The first-order valence-corrected chi connectivity index (χ1v) is 21.0. The third-order valence-electron chi connectivity index (χ3n) is 14.3. The van der Waals surface area contributed by atoms with Gasteiger partial charge in [0, 0.05) is 32.0 Å². The molecule has 0 unspecified atom stereocenters. The molecule has 2 aromatic heterocycles. The van der Waals surface area contributed by atoms with Crippen molar-refractivity contribution in [1.82, 2.24) is 9.97 Å². The maximum atomic E-state index is 5.53. The number of hydrogen-bond acceptors (Lipinski definition) is 3. The average molecular weight is 723 g/mol. The zero-order chi connectivity index (χ0) is 35.8. The van der Waals surface area contributed by atoms with E-state index in [-0.39, 0.29) is 5.41 Å². The number of rotatable bonds is 3. The van der Waals surface area contributed by atoms with Crippen LogP contribution in [0.3, 0.4) is 0 Å². The van der Waals surface area contributed by atoms with Gasteiger partial charge in [0.1, 0.15) is 4.83 Å². The van der Waals surface area contributed by atoms with Crippen LogP contribution in [0.2, 0.25) is 0 Å². The largest absolute Gasteiger partial charge is 0.227 e. The first-order valence-electron chi connectivity index (χ1n) is 20.2. The Hall–Kier alpha value is -5.64. The van der Waals surface area contributed by atoms with Crippen molar-refractivity contribution >= 4 is 53.2 Å². The average Bonchev–Trinajstić information content (AvgIpc) is 3.75. The number of hydrogen-bond donors (Lipinski definition) is 0. The number of benzene rings is 7. The van der Waals surface area contributed by atoms with Crippen LogP contribution in [0.15, 0.2) is 146 Å². The molecule has 5 aliphatic rings. The second kappa shape index (κ2) is 11.2. The Morgan fingerprint density at radius 1 is 0.473 bits per heavy atom. The van der Waals surface area contributed by atoms with E-state index in [1.165, 1.54) is 91.6 Å². The van der Waals surface area contributed by atoms with Crippen LogP contribution >= 0.6 is 11.3 Å². The number of aromatic nitrogens is 2. The van der Waals surface area contributed by atoms with Gasteiger partial charge in [-0.2, -0.15) is 0 Å². The molecule has 7 aromatic carbocycles. The lowest BCUT2D eigenvalue weighted by Crippen LogP contribution is -2.55. The Morgan fingerprint density at radius 2 is 1.05 bits per heavy atom. The zero-order valence-electron chi connectivity index (χ0n) is 30.5. The third-order valence-corrected chi connectivity index (χ3v) is 15.3. The monoisotopic (exact) mass is 722 g/mol. The highest BCUT2D eigenvalue weighted by Crippen LogP contribution is 2.69. The predicted octanol–water partition coefficient (Wildman–Crippen LogP) is 13.9. The summed E-state index contributed by atoms with van der Waals surface area (Å²) >= 11 is 1.77. The summed E-state index contributed by atoms with van der Waals surface area (Å²) in [4.78, 5) is 11.8. The van der Waals surface area contributed by atoms with Gasteiger partial charge >= 0.3 is 0 Å². The molecule has 2 nitrogen and oxygen atoms in total. The normalized spacial score (nSPS) is 23.3. The molecule has 1 spiro atoms. The van der Waals surface area contributed by atoms with Crippen LogP contribution in [0, 0.1) is 23.7 Å². The van der Waals surface area contributed by atoms with E-state index in [1.807, 2.05) is 0 Å². The van der Waals surface area contributed by atoms with E-state index in [9.17, 15) is 0 Å². The third kappa shape index (κ3) is 4.09. The molecule has 262 valence electrons. The maximum absolute atomic E-state index is 5.53.